The minimum atomic E-state index is -0.144. The standard InChI is InChI=1S/C6H5.CH3.O.Sn/c1-2-4-6-5-3-1;;;/h1-5H;1H3;;/q;;-2;+2. The van der Waals surface area contributed by atoms with Crippen LogP contribution < -0.4 is 3.58 Å². The maximum absolute atomic E-state index is 2.33. The third-order valence-electron chi connectivity index (χ3n) is 1.06. The van der Waals surface area contributed by atoms with E-state index in [0.717, 1.165) is 0 Å². The van der Waals surface area contributed by atoms with Crippen molar-refractivity contribution in [3.63, 3.8) is 0 Å². The van der Waals surface area contributed by atoms with Gasteiger partial charge < -0.3 is 5.48 Å². The van der Waals surface area contributed by atoms with Crippen LogP contribution in [0.5, 0.6) is 0 Å². The summed E-state index contributed by atoms with van der Waals surface area (Å²) in [6.45, 7) is 0. The smallest absolute Gasteiger partial charge is 2.00 e. The van der Waals surface area contributed by atoms with Gasteiger partial charge in [0.15, 0.2) is 0 Å². The molecule has 1 rings (SSSR count). The van der Waals surface area contributed by atoms with Crippen molar-refractivity contribution in [1.29, 1.82) is 0 Å². The molecule has 0 aliphatic carbocycles. The first-order chi connectivity index (χ1) is 3.93. The minimum Gasteiger partial charge on any atom is -2.00 e. The van der Waals surface area contributed by atoms with Crippen molar-refractivity contribution in [3.05, 3.63) is 30.3 Å². The first-order valence-corrected chi connectivity index (χ1v) is 6.94. The van der Waals surface area contributed by atoms with Crippen LogP contribution in [0, 0.1) is 0 Å². The van der Waals surface area contributed by atoms with Crippen molar-refractivity contribution in [2.24, 2.45) is 0 Å². The Kier molecular flexibility index (Phi) is 4.81. The Bertz CT molecular complexity index is 150. The molecule has 1 nitrogen and oxygen atoms in total. The molecule has 0 N–H and O–H groups in total. The normalized spacial score (nSPS) is 7.22. The van der Waals surface area contributed by atoms with Gasteiger partial charge in [0, 0.05) is 0 Å². The quantitative estimate of drug-likeness (QED) is 0.639. The van der Waals surface area contributed by atoms with E-state index in [2.05, 4.69) is 35.3 Å². The Morgan fingerprint density at radius 1 is 1.11 bits per heavy atom. The van der Waals surface area contributed by atoms with Crippen molar-refractivity contribution >= 4 is 24.7 Å². The summed E-state index contributed by atoms with van der Waals surface area (Å²) in [6.07, 6.45) is 0. The molecule has 0 heterocycles. The summed E-state index contributed by atoms with van der Waals surface area (Å²) in [5.41, 5.74) is 0. The average molecular weight is 227 g/mol. The largest absolute Gasteiger partial charge is 2.00 e. The van der Waals surface area contributed by atoms with Crippen LogP contribution in [0.2, 0.25) is 4.94 Å². The van der Waals surface area contributed by atoms with Crippen molar-refractivity contribution in [1.82, 2.24) is 0 Å². The number of rotatable bonds is 1. The maximum atomic E-state index is 2.33. The zero-order chi connectivity index (χ0) is 5.82. The number of benzene rings is 1. The molecule has 0 radical (unpaired) electrons. The molecule has 2 heteroatoms. The first kappa shape index (κ1) is 8.98. The summed E-state index contributed by atoms with van der Waals surface area (Å²) in [5, 5.41) is 0. The van der Waals surface area contributed by atoms with Crippen molar-refractivity contribution in [2.45, 2.75) is 4.94 Å². The second kappa shape index (κ2) is 4.82. The van der Waals surface area contributed by atoms with Crippen LogP contribution in [-0.2, 0) is 5.48 Å². The molecule has 0 saturated carbocycles. The molecule has 1 aromatic rings. The Morgan fingerprint density at radius 3 is 2.00 bits per heavy atom. The third-order valence-corrected chi connectivity index (χ3v) is 3.66. The summed E-state index contributed by atoms with van der Waals surface area (Å²) in [4.78, 5) is 2.33. The SMILES string of the molecule is [CH3][Sn+2][c]1ccccc1.[O-2]. The molecule has 46 valence electrons. The van der Waals surface area contributed by atoms with Gasteiger partial charge in [0.05, 0.1) is 0 Å². The van der Waals surface area contributed by atoms with Gasteiger partial charge in [0.2, 0.25) is 0 Å². The van der Waals surface area contributed by atoms with Gasteiger partial charge in [0.1, 0.15) is 0 Å². The second-order valence-electron chi connectivity index (χ2n) is 1.62. The van der Waals surface area contributed by atoms with Crippen LogP contribution in [0.25, 0.3) is 0 Å². The predicted molar refractivity (Wildman–Crippen MR) is 38.4 cm³/mol. The van der Waals surface area contributed by atoms with E-state index in [9.17, 15) is 0 Å². The van der Waals surface area contributed by atoms with Gasteiger partial charge in [-0.25, -0.2) is 0 Å². The summed E-state index contributed by atoms with van der Waals surface area (Å²) < 4.78 is 1.58. The van der Waals surface area contributed by atoms with E-state index in [-0.39, 0.29) is 26.6 Å². The molecule has 0 amide bonds. The Labute approximate surface area is 65.6 Å². The molecule has 9 heavy (non-hydrogen) atoms. The van der Waals surface area contributed by atoms with Gasteiger partial charge in [0.25, 0.3) is 0 Å². The van der Waals surface area contributed by atoms with Crippen molar-refractivity contribution in [2.75, 3.05) is 0 Å². The molecule has 0 aliphatic rings. The van der Waals surface area contributed by atoms with E-state index in [1.54, 1.807) is 3.58 Å². The molecular formula is C7H8OSn. The predicted octanol–water partition coefficient (Wildman–Crippen LogP) is 0.945. The summed E-state index contributed by atoms with van der Waals surface area (Å²) in [5.74, 6) is 0. The van der Waals surface area contributed by atoms with E-state index >= 15 is 0 Å². The Balaban J connectivity index is 0.000000640. The Morgan fingerprint density at radius 2 is 1.67 bits per heavy atom. The van der Waals surface area contributed by atoms with E-state index in [4.69, 9.17) is 0 Å². The van der Waals surface area contributed by atoms with Gasteiger partial charge in [-0.05, 0) is 0 Å². The number of hydrogen-bond donors (Lipinski definition) is 0. The fourth-order valence-corrected chi connectivity index (χ4v) is 2.11. The van der Waals surface area contributed by atoms with Gasteiger partial charge >= 0.3 is 60.0 Å². The monoisotopic (exact) mass is 228 g/mol. The molecule has 0 atom stereocenters. The summed E-state index contributed by atoms with van der Waals surface area (Å²) in [6, 6.07) is 10.7. The van der Waals surface area contributed by atoms with Gasteiger partial charge in [-0.2, -0.15) is 0 Å². The minimum absolute atomic E-state index is 0. The van der Waals surface area contributed by atoms with Crippen LogP contribution in [0.15, 0.2) is 30.3 Å². The number of hydrogen-bond acceptors (Lipinski definition) is 0. The second-order valence-corrected chi connectivity index (χ2v) is 4.69. The zero-order valence-electron chi connectivity index (χ0n) is 5.29. The van der Waals surface area contributed by atoms with E-state index in [1.807, 2.05) is 0 Å². The summed E-state index contributed by atoms with van der Waals surface area (Å²) >= 11 is -0.144. The fraction of sp³-hybridized carbons (Fsp3) is 0.143. The molecule has 0 aliphatic heterocycles. The molecule has 0 saturated heterocycles. The van der Waals surface area contributed by atoms with Crippen LogP contribution in [0.1, 0.15) is 0 Å². The molecule has 0 aromatic heterocycles. The van der Waals surface area contributed by atoms with Crippen LogP contribution in [0.3, 0.4) is 0 Å². The van der Waals surface area contributed by atoms with E-state index in [1.165, 1.54) is 0 Å². The zero-order valence-corrected chi connectivity index (χ0v) is 8.15. The summed E-state index contributed by atoms with van der Waals surface area (Å²) in [7, 11) is 0. The third kappa shape index (κ3) is 2.86. The molecule has 0 spiro atoms. The molecule has 0 fully saturated rings. The molecule has 1 aromatic carbocycles. The van der Waals surface area contributed by atoms with Crippen LogP contribution in [0.4, 0.5) is 0 Å². The van der Waals surface area contributed by atoms with Gasteiger partial charge in [-0.15, -0.1) is 0 Å². The van der Waals surface area contributed by atoms with Gasteiger partial charge in [-0.3, -0.25) is 0 Å². The van der Waals surface area contributed by atoms with Gasteiger partial charge in [-0.1, -0.05) is 0 Å². The van der Waals surface area contributed by atoms with Crippen LogP contribution >= 0.6 is 0 Å². The molecule has 0 bridgehead atoms. The van der Waals surface area contributed by atoms with Crippen LogP contribution in [-0.4, -0.2) is 21.1 Å². The van der Waals surface area contributed by atoms with Crippen molar-refractivity contribution < 1.29 is 5.48 Å². The molecular weight excluding hydrogens is 219 g/mol. The maximum Gasteiger partial charge on any atom is -2.00 e. The topological polar surface area (TPSA) is 28.5 Å². The van der Waals surface area contributed by atoms with Crippen molar-refractivity contribution in [3.8, 4) is 0 Å². The average Bonchev–Trinajstić information content (AvgIpc) is 1.90. The molecule has 0 unspecified atom stereocenters. The fourth-order valence-electron chi connectivity index (χ4n) is 0.605. The van der Waals surface area contributed by atoms with E-state index < -0.39 is 0 Å². The van der Waals surface area contributed by atoms with E-state index in [0.29, 0.717) is 0 Å². The Hall–Kier alpha value is -0.0213. The first-order valence-electron chi connectivity index (χ1n) is 2.66.